The number of hydrogen-bond acceptors (Lipinski definition) is 4. The molecule has 0 spiro atoms. The van der Waals surface area contributed by atoms with E-state index in [1.807, 2.05) is 67.8 Å². The van der Waals surface area contributed by atoms with Crippen molar-refractivity contribution in [3.63, 3.8) is 0 Å². The van der Waals surface area contributed by atoms with Crippen LogP contribution in [0, 0.1) is 0 Å². The van der Waals surface area contributed by atoms with Gasteiger partial charge in [0, 0.05) is 26.2 Å². The summed E-state index contributed by atoms with van der Waals surface area (Å²) in [5.74, 6) is 0.903. The van der Waals surface area contributed by atoms with Crippen LogP contribution in [-0.4, -0.2) is 33.9 Å². The molecule has 1 heterocycles. The quantitative estimate of drug-likeness (QED) is 0.489. The smallest absolute Gasteiger partial charge is 0.410 e. The summed E-state index contributed by atoms with van der Waals surface area (Å²) in [4.78, 5) is 14.1. The second kappa shape index (κ2) is 10.4. The van der Waals surface area contributed by atoms with E-state index in [1.54, 1.807) is 16.6 Å². The maximum Gasteiger partial charge on any atom is 0.410 e. The van der Waals surface area contributed by atoms with Crippen LogP contribution in [0.5, 0.6) is 5.75 Å². The lowest BCUT2D eigenvalue weighted by molar-refractivity contribution is 0.101. The first-order valence-corrected chi connectivity index (χ1v) is 11.3. The van der Waals surface area contributed by atoms with Gasteiger partial charge in [-0.2, -0.15) is 5.10 Å². The fraction of sp³-hybridized carbons (Fsp3) is 0.385. The number of carbonyl (C=O) groups is 1. The van der Waals surface area contributed by atoms with Crippen molar-refractivity contribution in [1.82, 2.24) is 14.7 Å². The number of carbonyl (C=O) groups excluding carboxylic acids is 1. The molecule has 1 fully saturated rings. The summed E-state index contributed by atoms with van der Waals surface area (Å²) in [6.45, 7) is 0.657. The molecule has 0 atom stereocenters. The number of ether oxygens (including phenoxy) is 2. The first kappa shape index (κ1) is 21.9. The Morgan fingerprint density at radius 1 is 1.06 bits per heavy atom. The van der Waals surface area contributed by atoms with Crippen LogP contribution in [0.15, 0.2) is 60.8 Å². The molecule has 0 saturated heterocycles. The highest BCUT2D eigenvalue weighted by atomic mass is 16.6. The van der Waals surface area contributed by atoms with E-state index in [0.29, 0.717) is 12.6 Å². The number of nitrogens with zero attached hydrogens (tertiary/aromatic N) is 3. The van der Waals surface area contributed by atoms with Gasteiger partial charge >= 0.3 is 6.09 Å². The number of hydrogen-bond donors (Lipinski definition) is 0. The second-order valence-electron chi connectivity index (χ2n) is 8.43. The van der Waals surface area contributed by atoms with E-state index >= 15 is 0 Å². The highest BCUT2D eigenvalue weighted by molar-refractivity contribution is 5.69. The average Bonchev–Trinajstić information content (AvgIpc) is 3.19. The molecule has 0 unspecified atom stereocenters. The van der Waals surface area contributed by atoms with Gasteiger partial charge in [-0.1, -0.05) is 48.9 Å². The molecule has 2 aromatic carbocycles. The molecule has 0 bridgehead atoms. The third kappa shape index (κ3) is 5.49. The summed E-state index contributed by atoms with van der Waals surface area (Å²) < 4.78 is 13.5. The van der Waals surface area contributed by atoms with Crippen molar-refractivity contribution in [2.75, 3.05) is 7.05 Å². The molecule has 3 aromatic rings. The van der Waals surface area contributed by atoms with Crippen LogP contribution < -0.4 is 4.74 Å². The summed E-state index contributed by atoms with van der Waals surface area (Å²) in [7, 11) is 3.60. The molecule has 1 aliphatic rings. The second-order valence-corrected chi connectivity index (χ2v) is 8.43. The fourth-order valence-electron chi connectivity index (χ4n) is 4.13. The molecule has 4 rings (SSSR count). The van der Waals surface area contributed by atoms with E-state index in [4.69, 9.17) is 9.47 Å². The molecule has 0 radical (unpaired) electrons. The monoisotopic (exact) mass is 433 g/mol. The third-order valence-electron chi connectivity index (χ3n) is 5.99. The fourth-order valence-corrected chi connectivity index (χ4v) is 4.13. The van der Waals surface area contributed by atoms with E-state index in [-0.39, 0.29) is 12.7 Å². The Labute approximate surface area is 189 Å². The molecular weight excluding hydrogens is 402 g/mol. The summed E-state index contributed by atoms with van der Waals surface area (Å²) >= 11 is 0. The predicted octanol–water partition coefficient (Wildman–Crippen LogP) is 5.57. The Bertz CT molecular complexity index is 1010. The summed E-state index contributed by atoms with van der Waals surface area (Å²) in [5, 5.41) is 4.38. The van der Waals surface area contributed by atoms with Gasteiger partial charge in [0.1, 0.15) is 12.4 Å². The van der Waals surface area contributed by atoms with Crippen molar-refractivity contribution in [3.05, 3.63) is 72.1 Å². The van der Waals surface area contributed by atoms with Crippen LogP contribution in [0.25, 0.3) is 11.1 Å². The van der Waals surface area contributed by atoms with Gasteiger partial charge in [-0.25, -0.2) is 4.79 Å². The van der Waals surface area contributed by atoms with Crippen molar-refractivity contribution < 1.29 is 14.3 Å². The standard InChI is InChI=1S/C26H31N3O3/c1-28(18-20-9-5-3-6-10-20)26(30)31-19-25-24(17-27-29(25)2)21-13-15-23(16-14-21)32-22-11-7-4-8-12-22/h3,5-6,9-10,13-17,22H,4,7-8,11-12,18-19H2,1-2H3. The van der Waals surface area contributed by atoms with Gasteiger partial charge in [0.15, 0.2) is 0 Å². The zero-order valence-corrected chi connectivity index (χ0v) is 18.9. The zero-order valence-electron chi connectivity index (χ0n) is 18.9. The minimum absolute atomic E-state index is 0.157. The predicted molar refractivity (Wildman–Crippen MR) is 124 cm³/mol. The van der Waals surface area contributed by atoms with Crippen molar-refractivity contribution in [2.45, 2.75) is 51.4 Å². The number of benzene rings is 2. The summed E-state index contributed by atoms with van der Waals surface area (Å²) in [6.07, 6.45) is 7.87. The molecule has 1 aromatic heterocycles. The maximum absolute atomic E-state index is 12.5. The van der Waals surface area contributed by atoms with Crippen LogP contribution in [0.4, 0.5) is 4.79 Å². The lowest BCUT2D eigenvalue weighted by Gasteiger charge is -2.23. The Kier molecular flexibility index (Phi) is 7.10. The van der Waals surface area contributed by atoms with E-state index in [9.17, 15) is 4.79 Å². The highest BCUT2D eigenvalue weighted by Gasteiger charge is 2.17. The lowest BCUT2D eigenvalue weighted by Crippen LogP contribution is -2.27. The van der Waals surface area contributed by atoms with Gasteiger partial charge in [0.25, 0.3) is 0 Å². The van der Waals surface area contributed by atoms with Crippen LogP contribution >= 0.6 is 0 Å². The van der Waals surface area contributed by atoms with Crippen molar-refractivity contribution >= 4 is 6.09 Å². The normalized spacial score (nSPS) is 14.2. The number of amides is 1. The van der Waals surface area contributed by atoms with Gasteiger partial charge in [0.05, 0.1) is 18.0 Å². The maximum atomic E-state index is 12.5. The molecular formula is C26H31N3O3. The summed E-state index contributed by atoms with van der Waals surface area (Å²) in [6, 6.07) is 18.0. The zero-order chi connectivity index (χ0) is 22.3. The van der Waals surface area contributed by atoms with E-state index in [2.05, 4.69) is 5.10 Å². The number of rotatable bonds is 7. The van der Waals surface area contributed by atoms with Gasteiger partial charge in [0.2, 0.25) is 0 Å². The van der Waals surface area contributed by atoms with Crippen LogP contribution in [-0.2, 0) is 24.9 Å². The Morgan fingerprint density at radius 2 is 1.78 bits per heavy atom. The van der Waals surface area contributed by atoms with Crippen molar-refractivity contribution in [3.8, 4) is 16.9 Å². The molecule has 0 aliphatic heterocycles. The number of aromatic nitrogens is 2. The van der Waals surface area contributed by atoms with Crippen molar-refractivity contribution in [1.29, 1.82) is 0 Å². The first-order chi connectivity index (χ1) is 15.6. The van der Waals surface area contributed by atoms with E-state index in [1.165, 1.54) is 19.3 Å². The van der Waals surface area contributed by atoms with E-state index in [0.717, 1.165) is 41.0 Å². The molecule has 1 aliphatic carbocycles. The van der Waals surface area contributed by atoms with Crippen LogP contribution in [0.1, 0.15) is 43.4 Å². The van der Waals surface area contributed by atoms with Gasteiger partial charge < -0.3 is 14.4 Å². The molecule has 32 heavy (non-hydrogen) atoms. The van der Waals surface area contributed by atoms with Crippen LogP contribution in [0.3, 0.4) is 0 Å². The molecule has 6 nitrogen and oxygen atoms in total. The molecule has 1 saturated carbocycles. The molecule has 1 amide bonds. The summed E-state index contributed by atoms with van der Waals surface area (Å²) in [5.41, 5.74) is 3.89. The Hall–Kier alpha value is -3.28. The third-order valence-corrected chi connectivity index (χ3v) is 5.99. The Balaban J connectivity index is 1.38. The molecule has 6 heteroatoms. The largest absolute Gasteiger partial charge is 0.490 e. The van der Waals surface area contributed by atoms with Gasteiger partial charge in [-0.05, 0) is 48.9 Å². The topological polar surface area (TPSA) is 56.6 Å². The Morgan fingerprint density at radius 3 is 2.50 bits per heavy atom. The lowest BCUT2D eigenvalue weighted by atomic mass is 9.98. The average molecular weight is 434 g/mol. The number of aryl methyl sites for hydroxylation is 1. The minimum atomic E-state index is -0.364. The van der Waals surface area contributed by atoms with Gasteiger partial charge in [-0.3, -0.25) is 4.68 Å². The van der Waals surface area contributed by atoms with E-state index < -0.39 is 0 Å². The van der Waals surface area contributed by atoms with Crippen molar-refractivity contribution in [2.24, 2.45) is 7.05 Å². The minimum Gasteiger partial charge on any atom is -0.490 e. The van der Waals surface area contributed by atoms with Crippen LogP contribution in [0.2, 0.25) is 0 Å². The molecule has 168 valence electrons. The molecule has 0 N–H and O–H groups in total. The van der Waals surface area contributed by atoms with Gasteiger partial charge in [-0.15, -0.1) is 0 Å². The highest BCUT2D eigenvalue weighted by Crippen LogP contribution is 2.28. The first-order valence-electron chi connectivity index (χ1n) is 11.3. The SMILES string of the molecule is CN(Cc1ccccc1)C(=O)OCc1c(-c2ccc(OC3CCCCC3)cc2)cnn1C.